The van der Waals surface area contributed by atoms with Gasteiger partial charge in [0.2, 0.25) is 0 Å². The van der Waals surface area contributed by atoms with Crippen LogP contribution in [0.2, 0.25) is 0 Å². The van der Waals surface area contributed by atoms with Crippen molar-refractivity contribution in [2.45, 2.75) is 18.3 Å². The fourth-order valence-corrected chi connectivity index (χ4v) is 2.89. The van der Waals surface area contributed by atoms with Crippen molar-refractivity contribution < 1.29 is 21.6 Å². The first kappa shape index (κ1) is 18.0. The van der Waals surface area contributed by atoms with Gasteiger partial charge in [-0.2, -0.15) is 18.3 Å². The Labute approximate surface area is 138 Å². The second-order valence-corrected chi connectivity index (χ2v) is 6.76. The van der Waals surface area contributed by atoms with Crippen molar-refractivity contribution in [3.8, 4) is 0 Å². The molecule has 0 amide bonds. The molecule has 0 radical (unpaired) electrons. The fourth-order valence-electron chi connectivity index (χ4n) is 1.94. The Bertz CT molecular complexity index is 789. The van der Waals surface area contributed by atoms with Crippen LogP contribution in [0.15, 0.2) is 65.8 Å². The maximum absolute atomic E-state index is 13.0. The molecule has 2 aromatic rings. The van der Waals surface area contributed by atoms with Gasteiger partial charge in [-0.15, -0.1) is 0 Å². The highest BCUT2D eigenvalue weighted by atomic mass is 32.2. The number of halogens is 3. The van der Waals surface area contributed by atoms with Crippen LogP contribution >= 0.6 is 0 Å². The highest BCUT2D eigenvalue weighted by Gasteiger charge is 2.36. The van der Waals surface area contributed by atoms with E-state index in [1.165, 1.54) is 12.1 Å². The number of sulfonamides is 1. The predicted octanol–water partition coefficient (Wildman–Crippen LogP) is 3.27. The van der Waals surface area contributed by atoms with E-state index in [9.17, 15) is 21.6 Å². The lowest BCUT2D eigenvalue weighted by Gasteiger charge is -2.11. The first-order valence-electron chi connectivity index (χ1n) is 6.97. The SMILES string of the molecule is O=S(=O)(Cc1ccccc1)NN=C(Cc1ccccc1)C(F)(F)F. The number of nitrogens with one attached hydrogen (secondary N) is 1. The molecule has 0 fully saturated rings. The summed E-state index contributed by atoms with van der Waals surface area (Å²) in [4.78, 5) is 1.67. The molecule has 0 aromatic heterocycles. The van der Waals surface area contributed by atoms with E-state index in [2.05, 4.69) is 5.10 Å². The zero-order chi connectivity index (χ0) is 17.6. The third kappa shape index (κ3) is 5.69. The van der Waals surface area contributed by atoms with Gasteiger partial charge in [0.15, 0.2) is 0 Å². The second-order valence-electron chi connectivity index (χ2n) is 5.05. The van der Waals surface area contributed by atoms with Gasteiger partial charge in [0.25, 0.3) is 10.0 Å². The van der Waals surface area contributed by atoms with Gasteiger partial charge in [-0.05, 0) is 11.1 Å². The number of hydrogen-bond donors (Lipinski definition) is 1. The number of hydrazone groups is 1. The van der Waals surface area contributed by atoms with Crippen molar-refractivity contribution in [1.82, 2.24) is 4.83 Å². The van der Waals surface area contributed by atoms with Crippen molar-refractivity contribution in [2.75, 3.05) is 0 Å². The van der Waals surface area contributed by atoms with Crippen molar-refractivity contribution >= 4 is 15.7 Å². The molecule has 0 heterocycles. The maximum atomic E-state index is 13.0. The lowest BCUT2D eigenvalue weighted by Crippen LogP contribution is -2.30. The highest BCUT2D eigenvalue weighted by molar-refractivity contribution is 7.88. The van der Waals surface area contributed by atoms with Gasteiger partial charge in [0.1, 0.15) is 5.71 Å². The normalized spacial score (nSPS) is 12.9. The lowest BCUT2D eigenvalue weighted by molar-refractivity contribution is -0.0604. The molecule has 0 spiro atoms. The molecule has 2 aromatic carbocycles. The Morgan fingerprint density at radius 1 is 0.917 bits per heavy atom. The summed E-state index contributed by atoms with van der Waals surface area (Å²) in [6.45, 7) is 0. The molecular weight excluding hydrogens is 341 g/mol. The average Bonchev–Trinajstić information content (AvgIpc) is 2.52. The summed E-state index contributed by atoms with van der Waals surface area (Å²) < 4.78 is 62.9. The van der Waals surface area contributed by atoms with Crippen LogP contribution in [0.1, 0.15) is 11.1 Å². The number of hydrogen-bond acceptors (Lipinski definition) is 3. The Kier molecular flexibility index (Phi) is 5.61. The van der Waals surface area contributed by atoms with Crippen LogP contribution in [0.5, 0.6) is 0 Å². The first-order valence-corrected chi connectivity index (χ1v) is 8.62. The van der Waals surface area contributed by atoms with E-state index in [-0.39, 0.29) is 0 Å². The van der Waals surface area contributed by atoms with E-state index in [1.807, 2.05) is 0 Å². The van der Waals surface area contributed by atoms with E-state index >= 15 is 0 Å². The summed E-state index contributed by atoms with van der Waals surface area (Å²) in [7, 11) is -4.02. The first-order chi connectivity index (χ1) is 11.3. The number of benzene rings is 2. The molecule has 2 rings (SSSR count). The van der Waals surface area contributed by atoms with Crippen LogP contribution in [0.3, 0.4) is 0 Å². The van der Waals surface area contributed by atoms with E-state index < -0.39 is 34.1 Å². The molecule has 24 heavy (non-hydrogen) atoms. The Balaban J connectivity index is 2.15. The van der Waals surface area contributed by atoms with E-state index in [0.29, 0.717) is 11.1 Å². The van der Waals surface area contributed by atoms with Gasteiger partial charge in [0, 0.05) is 6.42 Å². The highest BCUT2D eigenvalue weighted by Crippen LogP contribution is 2.20. The molecule has 4 nitrogen and oxygen atoms in total. The molecule has 0 saturated heterocycles. The average molecular weight is 356 g/mol. The standard InChI is InChI=1S/C16H15F3N2O2S/c17-16(18,19)15(11-13-7-3-1-4-8-13)20-21-24(22,23)12-14-9-5-2-6-10-14/h1-10,21H,11-12H2. The molecule has 128 valence electrons. The third-order valence-corrected chi connectivity index (χ3v) is 4.14. The summed E-state index contributed by atoms with van der Waals surface area (Å²) in [5, 5.41) is 3.11. The fraction of sp³-hybridized carbons (Fsp3) is 0.188. The summed E-state index contributed by atoms with van der Waals surface area (Å²) in [6, 6.07) is 16.0. The molecule has 0 aliphatic carbocycles. The van der Waals surface area contributed by atoms with Crippen LogP contribution in [0.25, 0.3) is 0 Å². The number of alkyl halides is 3. The minimum atomic E-state index is -4.73. The van der Waals surface area contributed by atoms with Gasteiger partial charge in [0.05, 0.1) is 5.75 Å². The second kappa shape index (κ2) is 7.48. The van der Waals surface area contributed by atoms with Crippen LogP contribution in [0, 0.1) is 0 Å². The van der Waals surface area contributed by atoms with E-state index in [1.54, 1.807) is 53.4 Å². The minimum Gasteiger partial charge on any atom is -0.205 e. The van der Waals surface area contributed by atoms with Crippen molar-refractivity contribution in [2.24, 2.45) is 5.10 Å². The van der Waals surface area contributed by atoms with Gasteiger partial charge in [-0.1, -0.05) is 60.7 Å². The summed E-state index contributed by atoms with van der Waals surface area (Å²) >= 11 is 0. The van der Waals surface area contributed by atoms with E-state index in [4.69, 9.17) is 0 Å². The Morgan fingerprint density at radius 3 is 1.92 bits per heavy atom. The number of nitrogens with zero attached hydrogens (tertiary/aromatic N) is 1. The molecular formula is C16H15F3N2O2S. The monoisotopic (exact) mass is 356 g/mol. The van der Waals surface area contributed by atoms with Gasteiger partial charge >= 0.3 is 6.18 Å². The summed E-state index contributed by atoms with van der Waals surface area (Å²) in [5.41, 5.74) is -0.363. The van der Waals surface area contributed by atoms with Crippen molar-refractivity contribution in [3.63, 3.8) is 0 Å². The molecule has 0 unspecified atom stereocenters. The third-order valence-electron chi connectivity index (χ3n) is 3.06. The smallest absolute Gasteiger partial charge is 0.205 e. The largest absolute Gasteiger partial charge is 0.431 e. The van der Waals surface area contributed by atoms with Crippen LogP contribution < -0.4 is 4.83 Å². The predicted molar refractivity (Wildman–Crippen MR) is 85.8 cm³/mol. The number of rotatable bonds is 6. The maximum Gasteiger partial charge on any atom is 0.431 e. The van der Waals surface area contributed by atoms with Crippen LogP contribution in [-0.2, 0) is 22.2 Å². The Morgan fingerprint density at radius 2 is 1.42 bits per heavy atom. The van der Waals surface area contributed by atoms with Crippen LogP contribution in [0.4, 0.5) is 13.2 Å². The minimum absolute atomic E-state index is 0.385. The molecule has 0 aliphatic heterocycles. The van der Waals surface area contributed by atoms with Crippen LogP contribution in [-0.4, -0.2) is 20.3 Å². The zero-order valence-corrected chi connectivity index (χ0v) is 13.3. The lowest BCUT2D eigenvalue weighted by atomic mass is 10.1. The van der Waals surface area contributed by atoms with Gasteiger partial charge in [-0.25, -0.2) is 13.2 Å². The quantitative estimate of drug-likeness (QED) is 0.638. The van der Waals surface area contributed by atoms with Crippen molar-refractivity contribution in [1.29, 1.82) is 0 Å². The van der Waals surface area contributed by atoms with Gasteiger partial charge < -0.3 is 0 Å². The van der Waals surface area contributed by atoms with Gasteiger partial charge in [-0.3, -0.25) is 0 Å². The molecule has 0 atom stereocenters. The topological polar surface area (TPSA) is 58.5 Å². The molecule has 1 N–H and O–H groups in total. The summed E-state index contributed by atoms with van der Waals surface area (Å²) in [6.07, 6.45) is -5.25. The zero-order valence-electron chi connectivity index (χ0n) is 12.5. The molecule has 0 saturated carbocycles. The Hall–Kier alpha value is -2.35. The molecule has 8 heteroatoms. The van der Waals surface area contributed by atoms with E-state index in [0.717, 1.165) is 0 Å². The molecule has 0 aliphatic rings. The molecule has 0 bridgehead atoms. The van der Waals surface area contributed by atoms with Crippen molar-refractivity contribution in [3.05, 3.63) is 71.8 Å². The summed E-state index contributed by atoms with van der Waals surface area (Å²) in [5.74, 6) is -0.451.